The molecule has 7 heteroatoms. The highest BCUT2D eigenvalue weighted by Gasteiger charge is 2.17. The molecule has 0 aromatic carbocycles. The van der Waals surface area contributed by atoms with E-state index >= 15 is 0 Å². The molecular formula is C18H29IN4OS. The summed E-state index contributed by atoms with van der Waals surface area (Å²) < 4.78 is 5.90. The predicted molar refractivity (Wildman–Crippen MR) is 116 cm³/mol. The van der Waals surface area contributed by atoms with Crippen LogP contribution in [0.25, 0.3) is 0 Å². The van der Waals surface area contributed by atoms with Crippen molar-refractivity contribution in [3.05, 3.63) is 23.9 Å². The second kappa shape index (κ2) is 11.1. The smallest absolute Gasteiger partial charge is 0.213 e. The second-order valence-electron chi connectivity index (χ2n) is 6.47. The number of aromatic nitrogens is 1. The third-order valence-corrected chi connectivity index (χ3v) is 5.99. The van der Waals surface area contributed by atoms with Crippen LogP contribution in [0.15, 0.2) is 23.3 Å². The van der Waals surface area contributed by atoms with E-state index in [2.05, 4.69) is 38.4 Å². The molecule has 1 saturated heterocycles. The van der Waals surface area contributed by atoms with Gasteiger partial charge in [-0.25, -0.2) is 4.98 Å². The average Bonchev–Trinajstić information content (AvgIpc) is 3.30. The molecule has 5 nitrogen and oxygen atoms in total. The molecule has 0 radical (unpaired) electrons. The van der Waals surface area contributed by atoms with Crippen LogP contribution < -0.4 is 15.4 Å². The maximum Gasteiger partial charge on any atom is 0.213 e. The van der Waals surface area contributed by atoms with E-state index in [4.69, 9.17) is 4.74 Å². The first-order chi connectivity index (χ1) is 11.8. The van der Waals surface area contributed by atoms with Crippen LogP contribution in [0.5, 0.6) is 5.88 Å². The van der Waals surface area contributed by atoms with Crippen LogP contribution in [-0.2, 0) is 6.54 Å². The molecule has 0 bridgehead atoms. The first kappa shape index (κ1) is 20.6. The van der Waals surface area contributed by atoms with Gasteiger partial charge in [-0.3, -0.25) is 4.99 Å². The van der Waals surface area contributed by atoms with E-state index in [0.29, 0.717) is 12.6 Å². The topological polar surface area (TPSA) is 58.5 Å². The summed E-state index contributed by atoms with van der Waals surface area (Å²) in [6.45, 7) is 1.70. The molecule has 140 valence electrons. The number of thioether (sulfide) groups is 1. The molecule has 0 amide bonds. The standard InChI is InChI=1S/C18H28N4OS.HI/c1-19-18(22-13-16-7-4-10-24-16)21-12-14-8-9-17(20-11-14)23-15-5-2-3-6-15;/h8-9,11,15-16H,2-7,10,12-13H2,1H3,(H2,19,21,22);1H. The Morgan fingerprint density at radius 2 is 2.08 bits per heavy atom. The molecule has 3 rings (SSSR count). The van der Waals surface area contributed by atoms with Crippen molar-refractivity contribution in [2.24, 2.45) is 4.99 Å². The fraction of sp³-hybridized carbons (Fsp3) is 0.667. The van der Waals surface area contributed by atoms with Gasteiger partial charge in [0, 0.05) is 37.7 Å². The largest absolute Gasteiger partial charge is 0.474 e. The minimum Gasteiger partial charge on any atom is -0.474 e. The van der Waals surface area contributed by atoms with E-state index in [0.717, 1.165) is 42.0 Å². The molecule has 1 saturated carbocycles. The van der Waals surface area contributed by atoms with E-state index in [1.165, 1.54) is 31.4 Å². The minimum absolute atomic E-state index is 0. The van der Waals surface area contributed by atoms with Gasteiger partial charge in [0.1, 0.15) is 6.10 Å². The Balaban J connectivity index is 0.00000225. The molecule has 1 atom stereocenters. The molecule has 2 heterocycles. The van der Waals surface area contributed by atoms with E-state index in [-0.39, 0.29) is 24.0 Å². The number of hydrogen-bond donors (Lipinski definition) is 2. The molecule has 1 aromatic heterocycles. The molecule has 2 aliphatic rings. The molecule has 1 aromatic rings. The summed E-state index contributed by atoms with van der Waals surface area (Å²) in [7, 11) is 1.81. The van der Waals surface area contributed by atoms with Crippen molar-refractivity contribution in [2.75, 3.05) is 19.3 Å². The van der Waals surface area contributed by atoms with Gasteiger partial charge in [-0.1, -0.05) is 6.07 Å². The molecule has 1 aliphatic carbocycles. The van der Waals surface area contributed by atoms with Crippen molar-refractivity contribution in [1.29, 1.82) is 0 Å². The maximum absolute atomic E-state index is 5.90. The number of aliphatic imine (C=N–C) groups is 1. The zero-order valence-electron chi connectivity index (χ0n) is 14.9. The highest BCUT2D eigenvalue weighted by Crippen LogP contribution is 2.25. The minimum atomic E-state index is 0. The van der Waals surface area contributed by atoms with Gasteiger partial charge >= 0.3 is 0 Å². The van der Waals surface area contributed by atoms with Crippen LogP contribution in [0.4, 0.5) is 0 Å². The summed E-state index contributed by atoms with van der Waals surface area (Å²) in [5.74, 6) is 2.89. The monoisotopic (exact) mass is 476 g/mol. The van der Waals surface area contributed by atoms with Crippen LogP contribution in [-0.4, -0.2) is 41.6 Å². The van der Waals surface area contributed by atoms with Crippen molar-refractivity contribution in [2.45, 2.75) is 56.4 Å². The van der Waals surface area contributed by atoms with Gasteiger partial charge < -0.3 is 15.4 Å². The fourth-order valence-corrected chi connectivity index (χ4v) is 4.39. The summed E-state index contributed by atoms with van der Waals surface area (Å²) in [5.41, 5.74) is 1.13. The number of rotatable bonds is 6. The van der Waals surface area contributed by atoms with E-state index in [1.54, 1.807) is 0 Å². The highest BCUT2D eigenvalue weighted by atomic mass is 127. The first-order valence-corrected chi connectivity index (χ1v) is 10.1. The van der Waals surface area contributed by atoms with E-state index in [9.17, 15) is 0 Å². The predicted octanol–water partition coefficient (Wildman–Crippen LogP) is 3.58. The van der Waals surface area contributed by atoms with Gasteiger partial charge in [0.25, 0.3) is 0 Å². The van der Waals surface area contributed by atoms with Crippen LogP contribution in [0.1, 0.15) is 44.1 Å². The molecular weight excluding hydrogens is 447 g/mol. The normalized spacial score (nSPS) is 21.0. The molecule has 2 fully saturated rings. The van der Waals surface area contributed by atoms with Gasteiger partial charge in [-0.2, -0.15) is 11.8 Å². The third-order valence-electron chi connectivity index (χ3n) is 4.59. The average molecular weight is 476 g/mol. The van der Waals surface area contributed by atoms with E-state index in [1.807, 2.05) is 19.3 Å². The van der Waals surface area contributed by atoms with Crippen LogP contribution in [0.2, 0.25) is 0 Å². The molecule has 2 N–H and O–H groups in total. The fourth-order valence-electron chi connectivity index (χ4n) is 3.18. The molecule has 1 aliphatic heterocycles. The first-order valence-electron chi connectivity index (χ1n) is 9.01. The zero-order valence-corrected chi connectivity index (χ0v) is 18.0. The van der Waals surface area contributed by atoms with Crippen molar-refractivity contribution in [3.8, 4) is 5.88 Å². The summed E-state index contributed by atoms with van der Waals surface area (Å²) in [6, 6.07) is 4.05. The maximum atomic E-state index is 5.90. The summed E-state index contributed by atoms with van der Waals surface area (Å²) in [6.07, 6.45) is 9.76. The van der Waals surface area contributed by atoms with Crippen molar-refractivity contribution < 1.29 is 4.74 Å². The summed E-state index contributed by atoms with van der Waals surface area (Å²) in [4.78, 5) is 8.72. The Bertz CT molecular complexity index is 528. The Morgan fingerprint density at radius 3 is 2.72 bits per heavy atom. The van der Waals surface area contributed by atoms with Gasteiger partial charge in [-0.05, 0) is 49.8 Å². The molecule has 1 unspecified atom stereocenters. The zero-order chi connectivity index (χ0) is 16.6. The Morgan fingerprint density at radius 1 is 1.24 bits per heavy atom. The van der Waals surface area contributed by atoms with Gasteiger partial charge in [0.2, 0.25) is 5.88 Å². The number of hydrogen-bond acceptors (Lipinski definition) is 4. The SMILES string of the molecule is CN=C(NCc1ccc(OC2CCCC2)nc1)NCC1CCCS1.I. The Hall–Kier alpha value is -0.700. The number of nitrogens with one attached hydrogen (secondary N) is 2. The van der Waals surface area contributed by atoms with Crippen molar-refractivity contribution >= 4 is 41.7 Å². The van der Waals surface area contributed by atoms with E-state index < -0.39 is 0 Å². The van der Waals surface area contributed by atoms with Crippen molar-refractivity contribution in [1.82, 2.24) is 15.6 Å². The lowest BCUT2D eigenvalue weighted by Gasteiger charge is -2.15. The quantitative estimate of drug-likeness (QED) is 0.374. The number of halogens is 1. The number of nitrogens with zero attached hydrogens (tertiary/aromatic N) is 2. The van der Waals surface area contributed by atoms with Crippen LogP contribution >= 0.6 is 35.7 Å². The van der Waals surface area contributed by atoms with Crippen molar-refractivity contribution in [3.63, 3.8) is 0 Å². The van der Waals surface area contributed by atoms with Crippen LogP contribution in [0, 0.1) is 0 Å². The Kier molecular flexibility index (Phi) is 9.16. The van der Waals surface area contributed by atoms with Gasteiger partial charge in [-0.15, -0.1) is 24.0 Å². The Labute approximate surface area is 172 Å². The molecule has 25 heavy (non-hydrogen) atoms. The number of guanidine groups is 1. The lowest BCUT2D eigenvalue weighted by atomic mass is 10.2. The lowest BCUT2D eigenvalue weighted by molar-refractivity contribution is 0.201. The third kappa shape index (κ3) is 6.84. The lowest BCUT2D eigenvalue weighted by Crippen LogP contribution is -2.39. The van der Waals surface area contributed by atoms with Crippen LogP contribution in [0.3, 0.4) is 0 Å². The second-order valence-corrected chi connectivity index (χ2v) is 7.88. The summed E-state index contributed by atoms with van der Waals surface area (Å²) in [5, 5.41) is 7.48. The summed E-state index contributed by atoms with van der Waals surface area (Å²) >= 11 is 2.05. The number of pyridine rings is 1. The molecule has 0 spiro atoms. The van der Waals surface area contributed by atoms with Gasteiger partial charge in [0.05, 0.1) is 0 Å². The number of ether oxygens (including phenoxy) is 1. The van der Waals surface area contributed by atoms with Gasteiger partial charge in [0.15, 0.2) is 5.96 Å². The highest BCUT2D eigenvalue weighted by molar-refractivity contribution is 14.0.